The summed E-state index contributed by atoms with van der Waals surface area (Å²) in [5.74, 6) is 0. The molecule has 0 saturated carbocycles. The highest BCUT2D eigenvalue weighted by molar-refractivity contribution is 6.31. The number of aromatic nitrogens is 1. The predicted octanol–water partition coefficient (Wildman–Crippen LogP) is 4.35. The third-order valence-corrected chi connectivity index (χ3v) is 5.72. The Balaban J connectivity index is 1.63. The van der Waals surface area contributed by atoms with Gasteiger partial charge < -0.3 is 19.1 Å². The molecule has 1 fully saturated rings. The number of fused-ring (bicyclic) bond motifs is 2. The molecular weight excluding hydrogens is 390 g/mol. The maximum Gasteiger partial charge on any atom is 0.338 e. The lowest BCUT2D eigenvalue weighted by Gasteiger charge is -2.37. The molecule has 0 spiro atoms. The molecule has 1 saturated heterocycles. The van der Waals surface area contributed by atoms with Crippen LogP contribution in [0.3, 0.4) is 0 Å². The minimum Gasteiger partial charge on any atom is -0.443 e. The van der Waals surface area contributed by atoms with Crippen LogP contribution in [0.5, 0.6) is 0 Å². The van der Waals surface area contributed by atoms with Crippen LogP contribution in [-0.4, -0.2) is 24.1 Å². The number of halogens is 1. The first-order valence-corrected chi connectivity index (χ1v) is 10.1. The highest BCUT2D eigenvalue weighted by Gasteiger charge is 2.24. The van der Waals surface area contributed by atoms with Crippen LogP contribution in [0, 0.1) is 0 Å². The van der Waals surface area contributed by atoms with E-state index in [1.54, 1.807) is 18.2 Å². The Morgan fingerprint density at radius 1 is 1.10 bits per heavy atom. The maximum absolute atomic E-state index is 12.3. The molecule has 0 amide bonds. The molecule has 4 aromatic rings. The number of nitrogens with zero attached hydrogens (tertiary/aromatic N) is 2. The average Bonchev–Trinajstić information content (AvgIpc) is 3.20. The van der Waals surface area contributed by atoms with E-state index in [1.165, 1.54) is 6.39 Å². The molecule has 0 bridgehead atoms. The predicted molar refractivity (Wildman–Crippen MR) is 114 cm³/mol. The molecule has 0 unspecified atom stereocenters. The first-order valence-electron chi connectivity index (χ1n) is 9.70. The monoisotopic (exact) mass is 409 g/mol. The quantitative estimate of drug-likeness (QED) is 0.505. The van der Waals surface area contributed by atoms with E-state index in [0.717, 1.165) is 53.7 Å². The molecular formula is C22H20ClN3O3. The zero-order valence-electron chi connectivity index (χ0n) is 15.7. The van der Waals surface area contributed by atoms with E-state index < -0.39 is 0 Å². The normalized spacial score (nSPS) is 15.2. The van der Waals surface area contributed by atoms with Gasteiger partial charge in [0.05, 0.1) is 5.69 Å². The van der Waals surface area contributed by atoms with Crippen molar-refractivity contribution in [3.63, 3.8) is 0 Å². The molecule has 7 heteroatoms. The standard InChI is InChI=1S/C22H20ClN3O3/c23-15-2-4-20-17(10-15)19(11-22(27)29-20)26(16-5-7-24-8-6-16)12-14-1-3-21-18(9-14)25-13-28-21/h1-4,9-11,13,16,24H,5-8,12H2. The SMILES string of the molecule is O=c1cc(N(Cc2ccc3ocnc3c2)C2CCNCC2)c2cc(Cl)ccc2o1. The number of hydrogen-bond donors (Lipinski definition) is 1. The van der Waals surface area contributed by atoms with Crippen molar-refractivity contribution < 1.29 is 8.83 Å². The van der Waals surface area contributed by atoms with Gasteiger partial charge in [-0.05, 0) is 61.8 Å². The molecule has 2 aromatic carbocycles. The zero-order valence-corrected chi connectivity index (χ0v) is 16.5. The van der Waals surface area contributed by atoms with Crippen molar-refractivity contribution in [3.8, 4) is 0 Å². The summed E-state index contributed by atoms with van der Waals surface area (Å²) in [6.07, 6.45) is 3.44. The molecule has 1 aliphatic rings. The number of hydrogen-bond acceptors (Lipinski definition) is 6. The van der Waals surface area contributed by atoms with E-state index in [-0.39, 0.29) is 5.63 Å². The van der Waals surface area contributed by atoms with Crippen molar-refractivity contribution in [1.29, 1.82) is 0 Å². The van der Waals surface area contributed by atoms with Gasteiger partial charge in [0.2, 0.25) is 0 Å². The van der Waals surface area contributed by atoms with Gasteiger partial charge in [-0.3, -0.25) is 0 Å². The van der Waals surface area contributed by atoms with E-state index in [0.29, 0.717) is 23.2 Å². The molecule has 0 radical (unpaired) electrons. The number of rotatable bonds is 4. The highest BCUT2D eigenvalue weighted by Crippen LogP contribution is 2.32. The highest BCUT2D eigenvalue weighted by atomic mass is 35.5. The lowest BCUT2D eigenvalue weighted by molar-refractivity contribution is 0.428. The first kappa shape index (κ1) is 18.2. The molecule has 0 atom stereocenters. The Labute approximate surface area is 172 Å². The van der Waals surface area contributed by atoms with Gasteiger partial charge >= 0.3 is 5.63 Å². The molecule has 3 heterocycles. The second-order valence-electron chi connectivity index (χ2n) is 7.35. The van der Waals surface area contributed by atoms with Crippen molar-refractivity contribution in [2.75, 3.05) is 18.0 Å². The van der Waals surface area contributed by atoms with Gasteiger partial charge in [-0.15, -0.1) is 0 Å². The van der Waals surface area contributed by atoms with Gasteiger partial charge in [0.15, 0.2) is 12.0 Å². The maximum atomic E-state index is 12.3. The molecule has 2 aromatic heterocycles. The van der Waals surface area contributed by atoms with Gasteiger partial charge in [0, 0.05) is 29.1 Å². The molecule has 1 N–H and O–H groups in total. The molecule has 148 valence electrons. The first-order chi connectivity index (χ1) is 14.2. The number of piperidine rings is 1. The van der Waals surface area contributed by atoms with Gasteiger partial charge in [0.1, 0.15) is 11.1 Å². The zero-order chi connectivity index (χ0) is 19.8. The average molecular weight is 410 g/mol. The summed E-state index contributed by atoms with van der Waals surface area (Å²) < 4.78 is 10.8. The van der Waals surface area contributed by atoms with Gasteiger partial charge in [-0.25, -0.2) is 9.78 Å². The summed E-state index contributed by atoms with van der Waals surface area (Å²) >= 11 is 6.27. The van der Waals surface area contributed by atoms with Crippen LogP contribution in [0.2, 0.25) is 5.02 Å². The van der Waals surface area contributed by atoms with Crippen molar-refractivity contribution in [2.24, 2.45) is 0 Å². The van der Waals surface area contributed by atoms with Crippen molar-refractivity contribution in [3.05, 3.63) is 69.9 Å². The van der Waals surface area contributed by atoms with Crippen LogP contribution in [0.4, 0.5) is 5.69 Å². The van der Waals surface area contributed by atoms with Gasteiger partial charge in [0.25, 0.3) is 0 Å². The van der Waals surface area contributed by atoms with Crippen molar-refractivity contribution >= 4 is 39.4 Å². The Kier molecular flexibility index (Phi) is 4.73. The smallest absolute Gasteiger partial charge is 0.338 e. The number of nitrogens with one attached hydrogen (secondary N) is 1. The van der Waals surface area contributed by atoms with E-state index >= 15 is 0 Å². The van der Waals surface area contributed by atoms with Gasteiger partial charge in [-0.2, -0.15) is 0 Å². The Morgan fingerprint density at radius 3 is 2.79 bits per heavy atom. The summed E-state index contributed by atoms with van der Waals surface area (Å²) in [6.45, 7) is 2.55. The molecule has 5 rings (SSSR count). The third-order valence-electron chi connectivity index (χ3n) is 5.49. The number of benzene rings is 2. The third kappa shape index (κ3) is 3.61. The minimum absolute atomic E-state index is 0.299. The number of oxazole rings is 1. The van der Waals surface area contributed by atoms with Crippen LogP contribution >= 0.6 is 11.6 Å². The summed E-state index contributed by atoms with van der Waals surface area (Å²) in [7, 11) is 0. The fourth-order valence-electron chi connectivity index (χ4n) is 4.08. The second-order valence-corrected chi connectivity index (χ2v) is 7.79. The lowest BCUT2D eigenvalue weighted by atomic mass is 10.0. The van der Waals surface area contributed by atoms with Crippen LogP contribution in [0.1, 0.15) is 18.4 Å². The summed E-state index contributed by atoms with van der Waals surface area (Å²) in [5, 5.41) is 4.87. The number of anilines is 1. The minimum atomic E-state index is -0.360. The van der Waals surface area contributed by atoms with E-state index in [2.05, 4.69) is 15.2 Å². The fraction of sp³-hybridized carbons (Fsp3) is 0.273. The van der Waals surface area contributed by atoms with E-state index in [4.69, 9.17) is 20.4 Å². The van der Waals surface area contributed by atoms with Crippen molar-refractivity contribution in [2.45, 2.75) is 25.4 Å². The van der Waals surface area contributed by atoms with Crippen LogP contribution in [0.25, 0.3) is 22.1 Å². The van der Waals surface area contributed by atoms with Crippen LogP contribution in [-0.2, 0) is 6.54 Å². The van der Waals surface area contributed by atoms with Crippen LogP contribution < -0.4 is 15.8 Å². The second kappa shape index (κ2) is 7.54. The van der Waals surface area contributed by atoms with E-state index in [1.807, 2.05) is 24.3 Å². The topological polar surface area (TPSA) is 71.5 Å². The van der Waals surface area contributed by atoms with Crippen LogP contribution in [0.15, 0.2) is 62.5 Å². The Morgan fingerprint density at radius 2 is 1.93 bits per heavy atom. The molecule has 29 heavy (non-hydrogen) atoms. The van der Waals surface area contributed by atoms with Gasteiger partial charge in [-0.1, -0.05) is 17.7 Å². The molecule has 0 aliphatic carbocycles. The van der Waals surface area contributed by atoms with E-state index in [9.17, 15) is 4.79 Å². The summed E-state index contributed by atoms with van der Waals surface area (Å²) in [5.41, 5.74) is 3.73. The summed E-state index contributed by atoms with van der Waals surface area (Å²) in [6, 6.07) is 13.3. The largest absolute Gasteiger partial charge is 0.443 e. The lowest BCUT2D eigenvalue weighted by Crippen LogP contribution is -2.43. The Hall–Kier alpha value is -2.83. The summed E-state index contributed by atoms with van der Waals surface area (Å²) in [4.78, 5) is 18.9. The molecule has 6 nitrogen and oxygen atoms in total. The van der Waals surface area contributed by atoms with Crippen molar-refractivity contribution in [1.82, 2.24) is 10.3 Å². The molecule has 1 aliphatic heterocycles. The Bertz CT molecular complexity index is 1230. The fourth-order valence-corrected chi connectivity index (χ4v) is 4.26.